The number of amides is 3. The van der Waals surface area contributed by atoms with Crippen molar-refractivity contribution in [3.8, 4) is 11.3 Å². The van der Waals surface area contributed by atoms with Crippen LogP contribution < -0.4 is 15.5 Å². The van der Waals surface area contributed by atoms with Crippen molar-refractivity contribution >= 4 is 51.4 Å². The van der Waals surface area contributed by atoms with Crippen LogP contribution in [0.4, 0.5) is 21.3 Å². The van der Waals surface area contributed by atoms with E-state index < -0.39 is 0 Å². The molecular weight excluding hydrogens is 396 g/mol. The first-order valence-corrected chi connectivity index (χ1v) is 9.96. The molecule has 6 nitrogen and oxygen atoms in total. The second-order valence-corrected chi connectivity index (χ2v) is 7.68. The van der Waals surface area contributed by atoms with E-state index in [1.165, 1.54) is 11.3 Å². The van der Waals surface area contributed by atoms with Gasteiger partial charge < -0.3 is 10.2 Å². The number of rotatable bonds is 3. The molecule has 0 spiro atoms. The largest absolute Gasteiger partial charge is 0.325 e. The van der Waals surface area contributed by atoms with Crippen LogP contribution in [-0.2, 0) is 11.2 Å². The minimum atomic E-state index is -0.375. The molecule has 28 heavy (non-hydrogen) atoms. The third kappa shape index (κ3) is 3.85. The van der Waals surface area contributed by atoms with E-state index in [4.69, 9.17) is 11.6 Å². The van der Waals surface area contributed by atoms with Crippen molar-refractivity contribution in [3.63, 3.8) is 0 Å². The lowest BCUT2D eigenvalue weighted by Crippen LogP contribution is -2.25. The molecule has 0 bridgehead atoms. The molecular formula is C20H17ClN4O2S. The molecule has 2 N–H and O–H groups in total. The van der Waals surface area contributed by atoms with E-state index >= 15 is 0 Å². The summed E-state index contributed by atoms with van der Waals surface area (Å²) in [5.74, 6) is 0.0374. The minimum Gasteiger partial charge on any atom is -0.312 e. The molecule has 3 aromatic rings. The Labute approximate surface area is 171 Å². The number of hydrogen-bond donors (Lipinski definition) is 2. The van der Waals surface area contributed by atoms with Gasteiger partial charge in [0.1, 0.15) is 0 Å². The highest BCUT2D eigenvalue weighted by Gasteiger charge is 2.22. The smallest absolute Gasteiger partial charge is 0.312 e. The Morgan fingerprint density at radius 2 is 1.93 bits per heavy atom. The molecule has 142 valence electrons. The Hall–Kier alpha value is -2.90. The molecule has 0 saturated heterocycles. The molecule has 0 saturated carbocycles. The molecule has 0 atom stereocenters. The van der Waals surface area contributed by atoms with Gasteiger partial charge in [0.25, 0.3) is 0 Å². The van der Waals surface area contributed by atoms with Gasteiger partial charge in [-0.25, -0.2) is 9.78 Å². The molecule has 2 aromatic carbocycles. The van der Waals surface area contributed by atoms with Crippen LogP contribution in [0.1, 0.15) is 12.5 Å². The maximum atomic E-state index is 12.2. The van der Waals surface area contributed by atoms with Gasteiger partial charge in [-0.3, -0.25) is 10.1 Å². The highest BCUT2D eigenvalue weighted by molar-refractivity contribution is 7.14. The molecule has 0 radical (unpaired) electrons. The molecule has 0 unspecified atom stereocenters. The van der Waals surface area contributed by atoms with Crippen molar-refractivity contribution in [2.24, 2.45) is 0 Å². The summed E-state index contributed by atoms with van der Waals surface area (Å²) in [4.78, 5) is 30.2. The van der Waals surface area contributed by atoms with Crippen molar-refractivity contribution in [3.05, 3.63) is 58.4 Å². The maximum Gasteiger partial charge on any atom is 0.325 e. The number of halogens is 1. The summed E-state index contributed by atoms with van der Waals surface area (Å²) >= 11 is 7.18. The third-order valence-electron chi connectivity index (χ3n) is 4.48. The predicted octanol–water partition coefficient (Wildman–Crippen LogP) is 5.02. The van der Waals surface area contributed by atoms with Gasteiger partial charge in [0.15, 0.2) is 5.13 Å². The normalized spacial score (nSPS) is 12.6. The molecule has 1 aliphatic rings. The molecule has 4 rings (SSSR count). The van der Waals surface area contributed by atoms with Crippen LogP contribution in [0.25, 0.3) is 11.3 Å². The Morgan fingerprint density at radius 1 is 1.14 bits per heavy atom. The number of fused-ring (bicyclic) bond motifs is 1. The van der Waals surface area contributed by atoms with E-state index in [2.05, 4.69) is 15.6 Å². The number of aromatic nitrogens is 1. The number of urea groups is 1. The fourth-order valence-corrected chi connectivity index (χ4v) is 3.96. The Kier molecular flexibility index (Phi) is 5.02. The number of nitrogens with one attached hydrogen (secondary N) is 2. The van der Waals surface area contributed by atoms with Gasteiger partial charge in [-0.15, -0.1) is 11.3 Å². The number of carbonyl (C=O) groups is 2. The van der Waals surface area contributed by atoms with Gasteiger partial charge in [0, 0.05) is 40.8 Å². The van der Waals surface area contributed by atoms with Gasteiger partial charge in [-0.05, 0) is 42.3 Å². The molecule has 0 fully saturated rings. The zero-order chi connectivity index (χ0) is 19.7. The Bertz CT molecular complexity index is 1050. The lowest BCUT2D eigenvalue weighted by Gasteiger charge is -2.15. The average molecular weight is 413 g/mol. The van der Waals surface area contributed by atoms with Crippen molar-refractivity contribution in [2.45, 2.75) is 13.3 Å². The van der Waals surface area contributed by atoms with Crippen molar-refractivity contribution in [1.29, 1.82) is 0 Å². The average Bonchev–Trinajstić information content (AvgIpc) is 3.29. The van der Waals surface area contributed by atoms with E-state index in [0.717, 1.165) is 28.9 Å². The monoisotopic (exact) mass is 412 g/mol. The number of carbonyl (C=O) groups excluding carboxylic acids is 2. The van der Waals surface area contributed by atoms with Gasteiger partial charge in [0.2, 0.25) is 5.91 Å². The van der Waals surface area contributed by atoms with E-state index in [1.807, 2.05) is 23.6 Å². The number of anilines is 3. The fourth-order valence-electron chi connectivity index (χ4n) is 3.12. The first-order chi connectivity index (χ1) is 13.5. The SMILES string of the molecule is CC(=O)N1CCc2ccc(-c3csc(NC(=O)Nc4ccc(Cl)cc4)n3)cc21. The maximum absolute atomic E-state index is 12.2. The molecule has 0 aliphatic carbocycles. The topological polar surface area (TPSA) is 74.3 Å². The molecule has 1 aromatic heterocycles. The van der Waals surface area contributed by atoms with Crippen molar-refractivity contribution < 1.29 is 9.59 Å². The lowest BCUT2D eigenvalue weighted by molar-refractivity contribution is -0.116. The Morgan fingerprint density at radius 3 is 2.68 bits per heavy atom. The zero-order valence-corrected chi connectivity index (χ0v) is 16.6. The summed E-state index contributed by atoms with van der Waals surface area (Å²) in [6, 6.07) is 12.5. The van der Waals surface area contributed by atoms with Crippen LogP contribution in [-0.4, -0.2) is 23.5 Å². The number of thiazole rings is 1. The standard InChI is InChI=1S/C20H17ClN4O2S/c1-12(26)25-9-8-13-2-3-14(10-18(13)25)17-11-28-20(23-17)24-19(27)22-16-6-4-15(21)5-7-16/h2-7,10-11H,8-9H2,1H3,(H2,22,23,24,27). The molecule has 1 aliphatic heterocycles. The highest BCUT2D eigenvalue weighted by Crippen LogP contribution is 2.34. The summed E-state index contributed by atoms with van der Waals surface area (Å²) in [5, 5.41) is 8.44. The molecule has 3 amide bonds. The van der Waals surface area contributed by atoms with Gasteiger partial charge in [-0.2, -0.15) is 0 Å². The van der Waals surface area contributed by atoms with Crippen LogP contribution in [0.2, 0.25) is 5.02 Å². The first kappa shape index (κ1) is 18.5. The number of hydrogen-bond acceptors (Lipinski definition) is 4. The quantitative estimate of drug-likeness (QED) is 0.634. The Balaban J connectivity index is 1.47. The zero-order valence-electron chi connectivity index (χ0n) is 15.0. The molecule has 8 heteroatoms. The van der Waals surface area contributed by atoms with Gasteiger partial charge >= 0.3 is 6.03 Å². The van der Waals surface area contributed by atoms with E-state index in [9.17, 15) is 9.59 Å². The van der Waals surface area contributed by atoms with Crippen LogP contribution in [0.15, 0.2) is 47.8 Å². The second kappa shape index (κ2) is 7.61. The van der Waals surface area contributed by atoms with E-state index in [-0.39, 0.29) is 11.9 Å². The predicted molar refractivity (Wildman–Crippen MR) is 113 cm³/mol. The van der Waals surface area contributed by atoms with Crippen molar-refractivity contribution in [1.82, 2.24) is 4.98 Å². The fraction of sp³-hybridized carbons (Fsp3) is 0.150. The van der Waals surface area contributed by atoms with E-state index in [0.29, 0.717) is 22.4 Å². The van der Waals surface area contributed by atoms with Gasteiger partial charge in [-0.1, -0.05) is 23.7 Å². The summed E-state index contributed by atoms with van der Waals surface area (Å²) in [6.07, 6.45) is 0.865. The summed E-state index contributed by atoms with van der Waals surface area (Å²) in [7, 11) is 0. The summed E-state index contributed by atoms with van der Waals surface area (Å²) < 4.78 is 0. The lowest BCUT2D eigenvalue weighted by atomic mass is 10.1. The summed E-state index contributed by atoms with van der Waals surface area (Å²) in [5.41, 5.74) is 4.41. The van der Waals surface area contributed by atoms with Crippen LogP contribution in [0.5, 0.6) is 0 Å². The minimum absolute atomic E-state index is 0.0374. The van der Waals surface area contributed by atoms with Crippen LogP contribution in [0.3, 0.4) is 0 Å². The number of benzene rings is 2. The third-order valence-corrected chi connectivity index (χ3v) is 5.49. The second-order valence-electron chi connectivity index (χ2n) is 6.39. The number of nitrogens with zero attached hydrogens (tertiary/aromatic N) is 2. The van der Waals surface area contributed by atoms with Gasteiger partial charge in [0.05, 0.1) is 5.69 Å². The van der Waals surface area contributed by atoms with Crippen molar-refractivity contribution in [2.75, 3.05) is 22.1 Å². The van der Waals surface area contributed by atoms with E-state index in [1.54, 1.807) is 36.1 Å². The van der Waals surface area contributed by atoms with Crippen LogP contribution >= 0.6 is 22.9 Å². The molecule has 2 heterocycles. The highest BCUT2D eigenvalue weighted by atomic mass is 35.5. The first-order valence-electron chi connectivity index (χ1n) is 8.70. The summed E-state index contributed by atoms with van der Waals surface area (Å²) in [6.45, 7) is 2.29. The van der Waals surface area contributed by atoms with Crippen LogP contribution in [0, 0.1) is 0 Å².